The Morgan fingerprint density at radius 3 is 2.60 bits per heavy atom. The van der Waals surface area contributed by atoms with E-state index in [2.05, 4.69) is 13.8 Å². The van der Waals surface area contributed by atoms with Crippen LogP contribution in [-0.2, 0) is 29.9 Å². The standard InChI is InChI=1S/C24H34O5S/c1-4-30(27)17-12-14-11-15(25)5-8-21(14,2)24-18(28-24)13-22(3)16(20(17)24)6-9-23(22)10-7-19(26)29-23/h14,16-18,20H,4-13H2,1-3H3/t14?,16?,17-,18-,20?,21?,22?,23-,24-,30?/m1/s1. The molecule has 6 heteroatoms. The average Bonchev–Trinajstić information content (AvgIpc) is 3.20. The molecule has 2 spiro atoms. The van der Waals surface area contributed by atoms with Crippen LogP contribution in [0.4, 0.5) is 0 Å². The van der Waals surface area contributed by atoms with Crippen molar-refractivity contribution in [3.63, 3.8) is 0 Å². The molecule has 0 radical (unpaired) electrons. The molecule has 0 aromatic rings. The number of carbonyl (C=O) groups is 2. The molecule has 6 rings (SSSR count). The molecule has 0 aromatic heterocycles. The highest BCUT2D eigenvalue weighted by molar-refractivity contribution is 7.85. The van der Waals surface area contributed by atoms with E-state index < -0.39 is 10.8 Å². The predicted octanol–water partition coefficient (Wildman–Crippen LogP) is 3.55. The van der Waals surface area contributed by atoms with Crippen molar-refractivity contribution in [1.29, 1.82) is 0 Å². The van der Waals surface area contributed by atoms with Crippen molar-refractivity contribution in [2.45, 2.75) is 101 Å². The van der Waals surface area contributed by atoms with Crippen molar-refractivity contribution in [3.05, 3.63) is 0 Å². The highest BCUT2D eigenvalue weighted by Gasteiger charge is 2.83. The lowest BCUT2D eigenvalue weighted by molar-refractivity contribution is -0.167. The number of rotatable bonds is 2. The second-order valence-corrected chi connectivity index (χ2v) is 13.4. The number of Topliss-reactive ketones (excluding diaryl/α,β-unsaturated/α-hetero) is 1. The molecule has 2 aliphatic heterocycles. The van der Waals surface area contributed by atoms with Crippen LogP contribution < -0.4 is 0 Å². The summed E-state index contributed by atoms with van der Waals surface area (Å²) < 4.78 is 26.2. The van der Waals surface area contributed by atoms with Crippen LogP contribution in [0.25, 0.3) is 0 Å². The number of hydrogen-bond acceptors (Lipinski definition) is 5. The average molecular weight is 435 g/mol. The molecule has 0 bridgehead atoms. The van der Waals surface area contributed by atoms with Crippen molar-refractivity contribution >= 4 is 22.6 Å². The second kappa shape index (κ2) is 5.98. The number of hydrogen-bond donors (Lipinski definition) is 0. The minimum absolute atomic E-state index is 0.00583. The lowest BCUT2D eigenvalue weighted by Crippen LogP contribution is -2.66. The molecule has 5 nitrogen and oxygen atoms in total. The molecule has 6 unspecified atom stereocenters. The molecule has 30 heavy (non-hydrogen) atoms. The molecule has 166 valence electrons. The van der Waals surface area contributed by atoms with Crippen molar-refractivity contribution < 1.29 is 23.3 Å². The second-order valence-electron chi connectivity index (χ2n) is 11.5. The maximum Gasteiger partial charge on any atom is 0.306 e. The first kappa shape index (κ1) is 19.9. The van der Waals surface area contributed by atoms with E-state index in [1.807, 2.05) is 6.92 Å². The summed E-state index contributed by atoms with van der Waals surface area (Å²) in [5.41, 5.74) is -0.692. The molecule has 6 fully saturated rings. The summed E-state index contributed by atoms with van der Waals surface area (Å²) in [6, 6.07) is 0. The Labute approximate surface area is 181 Å². The predicted molar refractivity (Wildman–Crippen MR) is 112 cm³/mol. The van der Waals surface area contributed by atoms with Gasteiger partial charge in [-0.15, -0.1) is 0 Å². The van der Waals surface area contributed by atoms with Crippen molar-refractivity contribution in [3.8, 4) is 0 Å². The van der Waals surface area contributed by atoms with Gasteiger partial charge >= 0.3 is 5.97 Å². The Morgan fingerprint density at radius 2 is 1.90 bits per heavy atom. The highest BCUT2D eigenvalue weighted by atomic mass is 32.2. The summed E-state index contributed by atoms with van der Waals surface area (Å²) in [5.74, 6) is 1.87. The molecular weight excluding hydrogens is 400 g/mol. The Morgan fingerprint density at radius 1 is 1.10 bits per heavy atom. The van der Waals surface area contributed by atoms with Gasteiger partial charge in [-0.25, -0.2) is 0 Å². The topological polar surface area (TPSA) is 73.0 Å². The van der Waals surface area contributed by atoms with Crippen LogP contribution in [-0.4, -0.2) is 44.3 Å². The summed E-state index contributed by atoms with van der Waals surface area (Å²) in [6.07, 6.45) is 7.45. The van der Waals surface area contributed by atoms with Gasteiger partial charge < -0.3 is 9.47 Å². The van der Waals surface area contributed by atoms with Crippen LogP contribution in [0.5, 0.6) is 0 Å². The van der Waals surface area contributed by atoms with Crippen LogP contribution in [0.2, 0.25) is 0 Å². The van der Waals surface area contributed by atoms with Gasteiger partial charge in [0.1, 0.15) is 17.0 Å². The molecule has 2 heterocycles. The van der Waals surface area contributed by atoms with E-state index in [1.54, 1.807) is 0 Å². The number of ether oxygens (including phenoxy) is 2. The Bertz CT molecular complexity index is 857. The zero-order valence-corrected chi connectivity index (χ0v) is 19.2. The van der Waals surface area contributed by atoms with Gasteiger partial charge in [0.25, 0.3) is 0 Å². The largest absolute Gasteiger partial charge is 0.458 e. The first-order chi connectivity index (χ1) is 14.2. The molecule has 4 aliphatic carbocycles. The molecule has 6 aliphatic rings. The minimum Gasteiger partial charge on any atom is -0.458 e. The Hall–Kier alpha value is -0.750. The molecular formula is C24H34O5S. The van der Waals surface area contributed by atoms with Gasteiger partial charge in [0, 0.05) is 57.8 Å². The molecule has 10 atom stereocenters. The van der Waals surface area contributed by atoms with E-state index in [0.29, 0.717) is 36.7 Å². The number of carbonyl (C=O) groups excluding carboxylic acids is 2. The fourth-order valence-corrected chi connectivity index (χ4v) is 10.8. The summed E-state index contributed by atoms with van der Waals surface area (Å²) >= 11 is 0. The van der Waals surface area contributed by atoms with Crippen molar-refractivity contribution in [2.75, 3.05) is 5.75 Å². The monoisotopic (exact) mass is 434 g/mol. The van der Waals surface area contributed by atoms with Crippen LogP contribution in [0, 0.1) is 28.6 Å². The zero-order valence-electron chi connectivity index (χ0n) is 18.4. The Balaban J connectivity index is 1.46. The third kappa shape index (κ3) is 2.11. The lowest BCUT2D eigenvalue weighted by atomic mass is 9.44. The van der Waals surface area contributed by atoms with E-state index in [9.17, 15) is 13.8 Å². The first-order valence-electron chi connectivity index (χ1n) is 12.0. The highest BCUT2D eigenvalue weighted by Crippen LogP contribution is 2.78. The number of ketones is 1. The number of esters is 1. The smallest absolute Gasteiger partial charge is 0.306 e. The van der Waals surface area contributed by atoms with Gasteiger partial charge in [-0.1, -0.05) is 20.8 Å². The van der Waals surface area contributed by atoms with Gasteiger partial charge in [0.05, 0.1) is 6.10 Å². The third-order valence-electron chi connectivity index (χ3n) is 10.8. The van der Waals surface area contributed by atoms with E-state index in [4.69, 9.17) is 9.47 Å². The Kier molecular flexibility index (Phi) is 3.96. The van der Waals surface area contributed by atoms with E-state index >= 15 is 0 Å². The number of fused-ring (bicyclic) bond motifs is 4. The molecule has 4 saturated carbocycles. The van der Waals surface area contributed by atoms with Gasteiger partial charge in [-0.3, -0.25) is 13.8 Å². The normalized spacial score (nSPS) is 57.2. The van der Waals surface area contributed by atoms with Crippen LogP contribution in [0.15, 0.2) is 0 Å². The fraction of sp³-hybridized carbons (Fsp3) is 0.917. The first-order valence-corrected chi connectivity index (χ1v) is 13.4. The van der Waals surface area contributed by atoms with Gasteiger partial charge in [-0.2, -0.15) is 0 Å². The van der Waals surface area contributed by atoms with E-state index in [0.717, 1.165) is 38.5 Å². The van der Waals surface area contributed by atoms with Crippen molar-refractivity contribution in [2.24, 2.45) is 28.6 Å². The van der Waals surface area contributed by atoms with Crippen LogP contribution in [0.1, 0.15) is 78.6 Å². The summed E-state index contributed by atoms with van der Waals surface area (Å²) in [6.45, 7) is 6.72. The maximum absolute atomic E-state index is 13.4. The minimum atomic E-state index is -0.923. The zero-order chi connectivity index (χ0) is 21.1. The molecule has 0 aromatic carbocycles. The van der Waals surface area contributed by atoms with E-state index in [-0.39, 0.29) is 51.2 Å². The SMILES string of the molecule is CCS(=O)[C@@H]1CC2CC(=O)CCC2(C)[C@@]23O[C@@H]2CC2(C)C(CC[C@@]24CCC(=O)O4)C13. The summed E-state index contributed by atoms with van der Waals surface area (Å²) in [5, 5.41) is 0.0841. The van der Waals surface area contributed by atoms with Gasteiger partial charge in [-0.05, 0) is 50.4 Å². The van der Waals surface area contributed by atoms with Crippen LogP contribution in [0.3, 0.4) is 0 Å². The molecule has 0 N–H and O–H groups in total. The quantitative estimate of drug-likeness (QED) is 0.491. The summed E-state index contributed by atoms with van der Waals surface area (Å²) in [7, 11) is -0.923. The molecule has 0 amide bonds. The third-order valence-corrected chi connectivity index (χ3v) is 12.5. The lowest BCUT2D eigenvalue weighted by Gasteiger charge is -2.60. The van der Waals surface area contributed by atoms with Gasteiger partial charge in [0.2, 0.25) is 0 Å². The fourth-order valence-electron chi connectivity index (χ4n) is 9.21. The van der Waals surface area contributed by atoms with Gasteiger partial charge in [0.15, 0.2) is 0 Å². The summed E-state index contributed by atoms with van der Waals surface area (Å²) in [4.78, 5) is 24.5. The van der Waals surface area contributed by atoms with Crippen molar-refractivity contribution in [1.82, 2.24) is 0 Å². The maximum atomic E-state index is 13.4. The number of epoxide rings is 1. The van der Waals surface area contributed by atoms with Crippen LogP contribution >= 0.6 is 0 Å². The van der Waals surface area contributed by atoms with E-state index in [1.165, 1.54) is 0 Å². The molecule has 2 saturated heterocycles.